The maximum Gasteiger partial charge on any atom is 0.616 e. The van der Waals surface area contributed by atoms with Gasteiger partial charge in [0.15, 0.2) is 6.04 Å². The van der Waals surface area contributed by atoms with Crippen LogP contribution in [0.25, 0.3) is 0 Å². The molecule has 0 heterocycles. The molecule has 2 atom stereocenters. The summed E-state index contributed by atoms with van der Waals surface area (Å²) in [4.78, 5) is 11.5. The van der Waals surface area contributed by atoms with E-state index < -0.39 is 20.2 Å². The molecule has 0 amide bonds. The third-order valence-corrected chi connectivity index (χ3v) is 3.09. The van der Waals surface area contributed by atoms with Crippen LogP contribution in [0, 0.1) is 0 Å². The number of rotatable bonds is 6. The molecule has 0 aromatic heterocycles. The van der Waals surface area contributed by atoms with Crippen LogP contribution in [0.5, 0.6) is 0 Å². The van der Waals surface area contributed by atoms with E-state index in [1.54, 1.807) is 34.7 Å². The maximum atomic E-state index is 11.5. The van der Waals surface area contributed by atoms with E-state index in [1.165, 1.54) is 4.67 Å². The van der Waals surface area contributed by atoms with Crippen molar-refractivity contribution in [2.75, 3.05) is 13.7 Å². The molecule has 88 valence electrons. The minimum atomic E-state index is -1.96. The Balaban J connectivity index is 4.24. The molecule has 2 unspecified atom stereocenters. The van der Waals surface area contributed by atoms with Crippen LogP contribution >= 0.6 is 8.18 Å². The predicted molar refractivity (Wildman–Crippen MR) is 57.7 cm³/mol. The van der Waals surface area contributed by atoms with Gasteiger partial charge in [-0.05, 0) is 32.3 Å². The summed E-state index contributed by atoms with van der Waals surface area (Å²) < 4.78 is 22.7. The molecule has 0 saturated carbocycles. The predicted octanol–water partition coefficient (Wildman–Crippen LogP) is 1.95. The summed E-state index contributed by atoms with van der Waals surface area (Å²) in [6.07, 6.45) is -0.168. The highest BCUT2D eigenvalue weighted by Crippen LogP contribution is 2.28. The van der Waals surface area contributed by atoms with Crippen molar-refractivity contribution in [1.29, 1.82) is 0 Å². The number of esters is 1. The summed E-state index contributed by atoms with van der Waals surface area (Å²) in [5.41, 5.74) is 0. The van der Waals surface area contributed by atoms with E-state index in [9.17, 15) is 9.36 Å². The lowest BCUT2D eigenvalue weighted by Crippen LogP contribution is -2.34. The molecule has 5 nitrogen and oxygen atoms in total. The minimum absolute atomic E-state index is 0.168. The molecule has 0 saturated heterocycles. The molecule has 0 N–H and O–H groups in total. The zero-order valence-electron chi connectivity index (χ0n) is 9.89. The van der Waals surface area contributed by atoms with Gasteiger partial charge in [0.05, 0.1) is 6.10 Å². The SMILES string of the molecule is CCO[P+](=O)N(C)C(C)C(=O)OC(C)C. The molecule has 0 spiro atoms. The Morgan fingerprint density at radius 3 is 2.33 bits per heavy atom. The van der Waals surface area contributed by atoms with E-state index in [2.05, 4.69) is 0 Å². The molecule has 0 aliphatic heterocycles. The van der Waals surface area contributed by atoms with Gasteiger partial charge in [0.2, 0.25) is 0 Å². The number of carbonyl (C=O) groups is 1. The molecule has 0 fully saturated rings. The van der Waals surface area contributed by atoms with Crippen LogP contribution in [0.4, 0.5) is 0 Å². The van der Waals surface area contributed by atoms with Crippen LogP contribution in [-0.2, 0) is 18.6 Å². The standard InChI is InChI=1S/C9H19NO4P/c1-6-13-15(12)10(5)8(4)9(11)14-7(2)3/h7-8H,6H2,1-5H3/q+1. The lowest BCUT2D eigenvalue weighted by atomic mass is 10.3. The van der Waals surface area contributed by atoms with Gasteiger partial charge in [-0.25, -0.2) is 0 Å². The Hall–Kier alpha value is -0.510. The molecule has 0 radical (unpaired) electrons. The summed E-state index contributed by atoms with van der Waals surface area (Å²) in [6.45, 7) is 7.28. The quantitative estimate of drug-likeness (QED) is 0.521. The highest BCUT2D eigenvalue weighted by molar-refractivity contribution is 7.36. The van der Waals surface area contributed by atoms with Crippen molar-refractivity contribution >= 4 is 14.1 Å². The Bertz CT molecular complexity index is 232. The van der Waals surface area contributed by atoms with Gasteiger partial charge in [0, 0.05) is 7.05 Å². The number of carbonyl (C=O) groups excluding carboxylic acids is 1. The molecule has 0 aliphatic carbocycles. The number of hydrogen-bond acceptors (Lipinski definition) is 4. The Kier molecular flexibility index (Phi) is 6.65. The number of likely N-dealkylation sites (N-methyl/N-ethyl adjacent to an activating group) is 1. The smallest absolute Gasteiger partial charge is 0.462 e. The molecule has 0 rings (SSSR count). The Morgan fingerprint density at radius 1 is 1.40 bits per heavy atom. The maximum absolute atomic E-state index is 11.5. The molecule has 6 heteroatoms. The summed E-state index contributed by atoms with van der Waals surface area (Å²) >= 11 is 0. The van der Waals surface area contributed by atoms with Crippen LogP contribution in [-0.4, -0.2) is 36.4 Å². The van der Waals surface area contributed by atoms with E-state index in [1.807, 2.05) is 0 Å². The van der Waals surface area contributed by atoms with Crippen LogP contribution < -0.4 is 0 Å². The van der Waals surface area contributed by atoms with E-state index in [-0.39, 0.29) is 6.10 Å². The van der Waals surface area contributed by atoms with Crippen LogP contribution in [0.15, 0.2) is 0 Å². The van der Waals surface area contributed by atoms with Gasteiger partial charge >= 0.3 is 14.1 Å². The second kappa shape index (κ2) is 6.88. The van der Waals surface area contributed by atoms with Crippen LogP contribution in [0.3, 0.4) is 0 Å². The Morgan fingerprint density at radius 2 is 1.93 bits per heavy atom. The van der Waals surface area contributed by atoms with Gasteiger partial charge in [-0.15, -0.1) is 4.52 Å². The van der Waals surface area contributed by atoms with Crippen LogP contribution in [0.1, 0.15) is 27.7 Å². The normalized spacial score (nSPS) is 14.2. The fourth-order valence-electron chi connectivity index (χ4n) is 0.826. The fourth-order valence-corrected chi connectivity index (χ4v) is 1.61. The third kappa shape index (κ3) is 5.21. The van der Waals surface area contributed by atoms with Crippen molar-refractivity contribution in [3.63, 3.8) is 0 Å². The molecule has 0 aromatic rings. The summed E-state index contributed by atoms with van der Waals surface area (Å²) in [7, 11) is -0.386. The first-order chi connectivity index (χ1) is 6.90. The van der Waals surface area contributed by atoms with Crippen molar-refractivity contribution < 1.29 is 18.6 Å². The minimum Gasteiger partial charge on any atom is -0.462 e. The highest BCUT2D eigenvalue weighted by atomic mass is 31.1. The van der Waals surface area contributed by atoms with E-state index in [0.29, 0.717) is 6.61 Å². The number of ether oxygens (including phenoxy) is 1. The highest BCUT2D eigenvalue weighted by Gasteiger charge is 2.35. The van der Waals surface area contributed by atoms with Gasteiger partial charge in [0.25, 0.3) is 0 Å². The largest absolute Gasteiger partial charge is 0.616 e. The number of hydrogen-bond donors (Lipinski definition) is 0. The summed E-state index contributed by atoms with van der Waals surface area (Å²) in [5.74, 6) is -0.393. The first kappa shape index (κ1) is 14.5. The van der Waals surface area contributed by atoms with E-state index >= 15 is 0 Å². The van der Waals surface area contributed by atoms with Crippen LogP contribution in [0.2, 0.25) is 0 Å². The lowest BCUT2D eigenvalue weighted by Gasteiger charge is -2.14. The average molecular weight is 236 g/mol. The fraction of sp³-hybridized carbons (Fsp3) is 0.889. The molecule has 15 heavy (non-hydrogen) atoms. The second-order valence-corrected chi connectivity index (χ2v) is 4.76. The van der Waals surface area contributed by atoms with Crippen molar-refractivity contribution in [3.8, 4) is 0 Å². The first-order valence-electron chi connectivity index (χ1n) is 4.93. The average Bonchev–Trinajstić information content (AvgIpc) is 2.14. The Labute approximate surface area is 91.7 Å². The molecule has 0 aliphatic rings. The van der Waals surface area contributed by atoms with Crippen molar-refractivity contribution in [1.82, 2.24) is 4.67 Å². The third-order valence-electron chi connectivity index (χ3n) is 1.75. The van der Waals surface area contributed by atoms with Crippen molar-refractivity contribution in [3.05, 3.63) is 0 Å². The summed E-state index contributed by atoms with van der Waals surface area (Å²) in [6, 6.07) is -0.567. The van der Waals surface area contributed by atoms with E-state index in [4.69, 9.17) is 9.26 Å². The van der Waals surface area contributed by atoms with Gasteiger partial charge in [-0.2, -0.15) is 0 Å². The van der Waals surface area contributed by atoms with E-state index in [0.717, 1.165) is 0 Å². The summed E-state index contributed by atoms with van der Waals surface area (Å²) in [5, 5.41) is 0. The number of nitrogens with zero attached hydrogens (tertiary/aromatic N) is 1. The molecule has 0 aromatic carbocycles. The molecular formula is C9H19NO4P+. The van der Waals surface area contributed by atoms with Gasteiger partial charge in [-0.1, -0.05) is 4.67 Å². The monoisotopic (exact) mass is 236 g/mol. The zero-order valence-corrected chi connectivity index (χ0v) is 10.8. The van der Waals surface area contributed by atoms with Crippen molar-refractivity contribution in [2.24, 2.45) is 0 Å². The van der Waals surface area contributed by atoms with Crippen molar-refractivity contribution in [2.45, 2.75) is 39.8 Å². The van der Waals surface area contributed by atoms with Gasteiger partial charge < -0.3 is 4.74 Å². The van der Waals surface area contributed by atoms with Gasteiger partial charge in [0.1, 0.15) is 6.61 Å². The molecular weight excluding hydrogens is 217 g/mol. The lowest BCUT2D eigenvalue weighted by molar-refractivity contribution is -0.151. The van der Waals surface area contributed by atoms with Gasteiger partial charge in [-0.3, -0.25) is 4.79 Å². The topological polar surface area (TPSA) is 55.8 Å². The second-order valence-electron chi connectivity index (χ2n) is 3.39. The molecule has 0 bridgehead atoms. The zero-order chi connectivity index (χ0) is 12.0. The first-order valence-corrected chi connectivity index (χ1v) is 6.06.